The van der Waals surface area contributed by atoms with Crippen molar-refractivity contribution < 1.29 is 19.0 Å². The van der Waals surface area contributed by atoms with Crippen LogP contribution in [0.3, 0.4) is 0 Å². The van der Waals surface area contributed by atoms with Crippen molar-refractivity contribution in [3.8, 4) is 39.6 Å². The topological polar surface area (TPSA) is 83.7 Å². The number of pyridine rings is 1. The Labute approximate surface area is 219 Å². The fraction of sp³-hybridized carbons (Fsp3) is 0.133. The maximum atomic E-state index is 13.5. The molecule has 0 radical (unpaired) electrons. The minimum absolute atomic E-state index is 0.127. The molecule has 0 atom stereocenters. The van der Waals surface area contributed by atoms with Crippen LogP contribution in [0, 0.1) is 6.92 Å². The van der Waals surface area contributed by atoms with E-state index in [-0.39, 0.29) is 5.78 Å². The molecule has 0 amide bonds. The molecule has 37 heavy (non-hydrogen) atoms. The van der Waals surface area contributed by atoms with Crippen LogP contribution in [0.15, 0.2) is 72.8 Å². The smallest absolute Gasteiger partial charge is 0.205 e. The summed E-state index contributed by atoms with van der Waals surface area (Å²) in [6, 6.07) is 23.1. The number of hydrogen-bond donors (Lipinski definition) is 1. The molecular formula is C30H26N2O4S. The molecule has 5 rings (SSSR count). The van der Waals surface area contributed by atoms with Crippen LogP contribution in [0.1, 0.15) is 20.8 Å². The molecule has 0 unspecified atom stereocenters. The minimum atomic E-state index is -0.127. The molecule has 0 saturated carbocycles. The summed E-state index contributed by atoms with van der Waals surface area (Å²) in [7, 11) is 4.73. The number of ether oxygens (including phenoxy) is 3. The van der Waals surface area contributed by atoms with Crippen molar-refractivity contribution in [1.82, 2.24) is 4.98 Å². The van der Waals surface area contributed by atoms with Gasteiger partial charge in [0.2, 0.25) is 11.5 Å². The van der Waals surface area contributed by atoms with Gasteiger partial charge in [0.25, 0.3) is 0 Å². The lowest BCUT2D eigenvalue weighted by atomic mass is 9.98. The number of aryl methyl sites for hydroxylation is 1. The number of nitrogens with two attached hydrogens (primary N) is 1. The van der Waals surface area contributed by atoms with Gasteiger partial charge < -0.3 is 19.9 Å². The number of hydrogen-bond acceptors (Lipinski definition) is 7. The summed E-state index contributed by atoms with van der Waals surface area (Å²) in [4.78, 5) is 19.5. The third kappa shape index (κ3) is 4.38. The number of fused-ring (bicyclic) bond motifs is 1. The second-order valence-corrected chi connectivity index (χ2v) is 9.55. The number of aromatic nitrogens is 1. The van der Waals surface area contributed by atoms with E-state index in [2.05, 4.69) is 0 Å². The van der Waals surface area contributed by atoms with E-state index in [0.717, 1.165) is 33.3 Å². The molecule has 6 nitrogen and oxygen atoms in total. The lowest BCUT2D eigenvalue weighted by Gasteiger charge is -2.15. The largest absolute Gasteiger partial charge is 0.493 e. The van der Waals surface area contributed by atoms with Gasteiger partial charge in [-0.3, -0.25) is 4.79 Å². The first-order valence-corrected chi connectivity index (χ1v) is 12.5. The molecule has 2 aromatic heterocycles. The Morgan fingerprint density at radius 1 is 0.838 bits per heavy atom. The lowest BCUT2D eigenvalue weighted by Crippen LogP contribution is -2.02. The molecule has 2 N–H and O–H groups in total. The van der Waals surface area contributed by atoms with Gasteiger partial charge in [-0.05, 0) is 36.2 Å². The summed E-state index contributed by atoms with van der Waals surface area (Å²) in [6.07, 6.45) is 0. The number of nitrogens with zero attached hydrogens (tertiary/aromatic N) is 1. The summed E-state index contributed by atoms with van der Waals surface area (Å²) in [6.45, 7) is 1.99. The van der Waals surface area contributed by atoms with E-state index in [1.165, 1.54) is 11.3 Å². The first-order valence-electron chi connectivity index (χ1n) is 11.6. The Kier molecular flexibility index (Phi) is 6.54. The van der Waals surface area contributed by atoms with E-state index in [4.69, 9.17) is 24.9 Å². The van der Waals surface area contributed by atoms with Crippen LogP contribution in [-0.4, -0.2) is 32.1 Å². The molecule has 186 valence electrons. The first kappa shape index (κ1) is 24.3. The van der Waals surface area contributed by atoms with E-state index < -0.39 is 0 Å². The summed E-state index contributed by atoms with van der Waals surface area (Å²) in [5, 5.41) is 0.717. The molecule has 0 aliphatic carbocycles. The van der Waals surface area contributed by atoms with Gasteiger partial charge in [0.15, 0.2) is 11.5 Å². The number of carbonyl (C=O) groups is 1. The second kappa shape index (κ2) is 9.95. The van der Waals surface area contributed by atoms with Crippen molar-refractivity contribution in [2.24, 2.45) is 0 Å². The van der Waals surface area contributed by atoms with Crippen molar-refractivity contribution in [1.29, 1.82) is 0 Å². The van der Waals surface area contributed by atoms with Crippen LogP contribution in [0.5, 0.6) is 17.2 Å². The number of ketones is 1. The van der Waals surface area contributed by atoms with Gasteiger partial charge in [-0.15, -0.1) is 11.3 Å². The average molecular weight is 511 g/mol. The predicted octanol–water partition coefficient (Wildman–Crippen LogP) is 6.78. The summed E-state index contributed by atoms with van der Waals surface area (Å²) < 4.78 is 16.7. The molecule has 0 aliphatic rings. The predicted molar refractivity (Wildman–Crippen MR) is 149 cm³/mol. The van der Waals surface area contributed by atoms with Gasteiger partial charge in [0.05, 0.1) is 32.7 Å². The van der Waals surface area contributed by atoms with Crippen LogP contribution >= 0.6 is 11.3 Å². The molecule has 7 heteroatoms. The number of nitrogen functional groups attached to an aromatic ring is 1. The van der Waals surface area contributed by atoms with Crippen LogP contribution in [-0.2, 0) is 0 Å². The summed E-state index contributed by atoms with van der Waals surface area (Å²) in [5.74, 6) is 1.41. The molecule has 0 fully saturated rings. The van der Waals surface area contributed by atoms with Gasteiger partial charge >= 0.3 is 0 Å². The molecular weight excluding hydrogens is 484 g/mol. The SMILES string of the molecule is COc1cc(-c2cc(-c3ccccc3)nc3sc(C(=O)c4ccc(C)cc4)c(N)c23)cc(OC)c1OC. The number of anilines is 1. The van der Waals surface area contributed by atoms with Gasteiger partial charge in [0.1, 0.15) is 9.71 Å². The van der Waals surface area contributed by atoms with E-state index >= 15 is 0 Å². The van der Waals surface area contributed by atoms with Crippen LogP contribution < -0.4 is 19.9 Å². The van der Waals surface area contributed by atoms with E-state index in [0.29, 0.717) is 38.2 Å². The monoisotopic (exact) mass is 510 g/mol. The Bertz CT molecular complexity index is 1580. The highest BCUT2D eigenvalue weighted by molar-refractivity contribution is 7.21. The zero-order valence-electron chi connectivity index (χ0n) is 21.0. The Balaban J connectivity index is 1.79. The first-order chi connectivity index (χ1) is 17.9. The van der Waals surface area contributed by atoms with E-state index in [1.54, 1.807) is 21.3 Å². The highest BCUT2D eigenvalue weighted by atomic mass is 32.1. The van der Waals surface area contributed by atoms with Crippen molar-refractivity contribution in [2.75, 3.05) is 27.1 Å². The number of benzene rings is 3. The second-order valence-electron chi connectivity index (χ2n) is 8.56. The standard InChI is InChI=1S/C30H26N2O4S/c1-17-10-12-19(13-11-17)27(33)29-26(31)25-21(20-14-23(34-2)28(36-4)24(15-20)35-3)16-22(32-30(25)37-29)18-8-6-5-7-9-18/h5-16H,31H2,1-4H3. The molecule has 2 heterocycles. The maximum absolute atomic E-state index is 13.5. The zero-order chi connectivity index (χ0) is 26.1. The van der Waals surface area contributed by atoms with Crippen molar-refractivity contribution in [3.05, 3.63) is 88.8 Å². The molecule has 0 spiro atoms. The van der Waals surface area contributed by atoms with Gasteiger partial charge in [0, 0.05) is 16.5 Å². The van der Waals surface area contributed by atoms with Crippen LogP contribution in [0.2, 0.25) is 0 Å². The Hall–Kier alpha value is -4.36. The van der Waals surface area contributed by atoms with Crippen LogP contribution in [0.25, 0.3) is 32.6 Å². The van der Waals surface area contributed by atoms with Crippen molar-refractivity contribution >= 4 is 33.0 Å². The number of methoxy groups -OCH3 is 3. The Morgan fingerprint density at radius 2 is 1.49 bits per heavy atom. The molecule has 0 aliphatic heterocycles. The fourth-order valence-corrected chi connectivity index (χ4v) is 5.43. The van der Waals surface area contributed by atoms with Crippen LogP contribution in [0.4, 0.5) is 5.69 Å². The molecule has 3 aromatic carbocycles. The third-order valence-corrected chi connectivity index (χ3v) is 7.36. The molecule has 0 bridgehead atoms. The van der Waals surface area contributed by atoms with Gasteiger partial charge in [-0.2, -0.15) is 0 Å². The van der Waals surface area contributed by atoms with Gasteiger partial charge in [-0.1, -0.05) is 60.2 Å². The highest BCUT2D eigenvalue weighted by Gasteiger charge is 2.24. The normalized spacial score (nSPS) is 10.9. The number of thiophene rings is 1. The maximum Gasteiger partial charge on any atom is 0.205 e. The summed E-state index contributed by atoms with van der Waals surface area (Å²) in [5.41, 5.74) is 12.1. The quantitative estimate of drug-likeness (QED) is 0.243. The van der Waals surface area contributed by atoms with E-state index in [1.807, 2.05) is 79.7 Å². The zero-order valence-corrected chi connectivity index (χ0v) is 21.8. The van der Waals surface area contributed by atoms with Gasteiger partial charge in [-0.25, -0.2) is 4.98 Å². The van der Waals surface area contributed by atoms with Crippen molar-refractivity contribution in [2.45, 2.75) is 6.92 Å². The minimum Gasteiger partial charge on any atom is -0.493 e. The lowest BCUT2D eigenvalue weighted by molar-refractivity contribution is 0.104. The number of rotatable bonds is 7. The highest BCUT2D eigenvalue weighted by Crippen LogP contribution is 2.46. The Morgan fingerprint density at radius 3 is 2.08 bits per heavy atom. The third-order valence-electron chi connectivity index (χ3n) is 6.26. The summed E-state index contributed by atoms with van der Waals surface area (Å²) >= 11 is 1.30. The van der Waals surface area contributed by atoms with E-state index in [9.17, 15) is 4.79 Å². The molecule has 0 saturated heterocycles. The average Bonchev–Trinajstić information content (AvgIpc) is 3.28. The fourth-order valence-electron chi connectivity index (χ4n) is 4.35. The number of carbonyl (C=O) groups excluding carboxylic acids is 1. The van der Waals surface area contributed by atoms with Crippen molar-refractivity contribution in [3.63, 3.8) is 0 Å². The molecule has 5 aromatic rings.